The summed E-state index contributed by atoms with van der Waals surface area (Å²) >= 11 is 0. The van der Waals surface area contributed by atoms with Crippen LogP contribution in [0.25, 0.3) is 0 Å². The van der Waals surface area contributed by atoms with Crippen LogP contribution in [0, 0.1) is 0 Å². The molecule has 2 fully saturated rings. The van der Waals surface area contributed by atoms with Crippen molar-refractivity contribution in [3.63, 3.8) is 0 Å². The summed E-state index contributed by atoms with van der Waals surface area (Å²) in [5.74, 6) is -0.878. The van der Waals surface area contributed by atoms with Crippen molar-refractivity contribution in [2.45, 2.75) is 56.9 Å². The average Bonchev–Trinajstić information content (AvgIpc) is 2.77. The molecule has 1 heterocycles. The highest BCUT2D eigenvalue weighted by atomic mass is 16.4. The molecule has 0 bridgehead atoms. The molecule has 102 valence electrons. The number of carboxylic acids is 1. The van der Waals surface area contributed by atoms with Crippen molar-refractivity contribution in [3.8, 4) is 0 Å². The Morgan fingerprint density at radius 2 is 1.50 bits per heavy atom. The number of amides is 2. The lowest BCUT2D eigenvalue weighted by molar-refractivity contribution is -0.145. The number of hydrogen-bond donors (Lipinski definition) is 2. The third kappa shape index (κ3) is 2.76. The van der Waals surface area contributed by atoms with Gasteiger partial charge in [0.25, 0.3) is 0 Å². The van der Waals surface area contributed by atoms with Crippen LogP contribution in [0.5, 0.6) is 0 Å². The monoisotopic (exact) mass is 254 g/mol. The molecule has 18 heavy (non-hydrogen) atoms. The van der Waals surface area contributed by atoms with Gasteiger partial charge in [-0.15, -0.1) is 0 Å². The van der Waals surface area contributed by atoms with Crippen LogP contribution >= 0.6 is 0 Å². The van der Waals surface area contributed by atoms with Crippen molar-refractivity contribution >= 4 is 12.0 Å². The maximum atomic E-state index is 12.1. The van der Waals surface area contributed by atoms with Gasteiger partial charge in [0.05, 0.1) is 0 Å². The van der Waals surface area contributed by atoms with Crippen molar-refractivity contribution < 1.29 is 14.7 Å². The van der Waals surface area contributed by atoms with Crippen molar-refractivity contribution in [1.82, 2.24) is 10.2 Å². The molecule has 0 aromatic heterocycles. The van der Waals surface area contributed by atoms with Gasteiger partial charge in [0.2, 0.25) is 0 Å². The van der Waals surface area contributed by atoms with E-state index >= 15 is 0 Å². The molecule has 0 atom stereocenters. The van der Waals surface area contributed by atoms with Gasteiger partial charge in [-0.2, -0.15) is 0 Å². The Morgan fingerprint density at radius 3 is 2.00 bits per heavy atom. The van der Waals surface area contributed by atoms with E-state index in [9.17, 15) is 14.7 Å². The van der Waals surface area contributed by atoms with Gasteiger partial charge in [-0.1, -0.05) is 25.7 Å². The van der Waals surface area contributed by atoms with E-state index in [4.69, 9.17) is 0 Å². The number of nitrogens with one attached hydrogen (secondary N) is 1. The smallest absolute Gasteiger partial charge is 0.329 e. The normalized spacial score (nSPS) is 23.4. The number of carbonyl (C=O) groups is 2. The molecule has 5 heteroatoms. The van der Waals surface area contributed by atoms with E-state index in [0.29, 0.717) is 12.8 Å². The molecule has 2 amide bonds. The first-order valence-corrected chi connectivity index (χ1v) is 6.95. The van der Waals surface area contributed by atoms with Gasteiger partial charge in [0.15, 0.2) is 0 Å². The molecule has 0 aromatic rings. The van der Waals surface area contributed by atoms with Gasteiger partial charge in [-0.25, -0.2) is 9.59 Å². The second-order valence-corrected chi connectivity index (χ2v) is 5.43. The predicted octanol–water partition coefficient (Wildman–Crippen LogP) is 1.97. The maximum absolute atomic E-state index is 12.1. The molecule has 2 rings (SSSR count). The third-order valence-corrected chi connectivity index (χ3v) is 4.11. The van der Waals surface area contributed by atoms with Crippen LogP contribution in [0.1, 0.15) is 51.4 Å². The van der Waals surface area contributed by atoms with Gasteiger partial charge in [0, 0.05) is 13.1 Å². The Bertz CT molecular complexity index is 316. The minimum atomic E-state index is -1.03. The zero-order chi connectivity index (χ0) is 13.0. The lowest BCUT2D eigenvalue weighted by atomic mass is 9.90. The van der Waals surface area contributed by atoms with Gasteiger partial charge in [-0.3, -0.25) is 0 Å². The number of nitrogens with zero attached hydrogens (tertiary/aromatic N) is 1. The first kappa shape index (κ1) is 13.2. The number of carbonyl (C=O) groups excluding carboxylic acids is 1. The number of aliphatic carboxylic acids is 1. The zero-order valence-corrected chi connectivity index (χ0v) is 10.8. The molecular weight excluding hydrogens is 232 g/mol. The van der Waals surface area contributed by atoms with Gasteiger partial charge < -0.3 is 15.3 Å². The van der Waals surface area contributed by atoms with Crippen LogP contribution in [0.3, 0.4) is 0 Å². The summed E-state index contributed by atoms with van der Waals surface area (Å²) in [4.78, 5) is 25.4. The van der Waals surface area contributed by atoms with Crippen LogP contribution in [-0.4, -0.2) is 40.6 Å². The minimum Gasteiger partial charge on any atom is -0.480 e. The number of rotatable bonds is 2. The molecule has 2 N–H and O–H groups in total. The molecule has 0 spiro atoms. The fourth-order valence-electron chi connectivity index (χ4n) is 2.93. The Labute approximate surface area is 108 Å². The van der Waals surface area contributed by atoms with E-state index in [1.807, 2.05) is 0 Å². The summed E-state index contributed by atoms with van der Waals surface area (Å²) in [6.45, 7) is 1.50. The summed E-state index contributed by atoms with van der Waals surface area (Å²) in [7, 11) is 0. The Balaban J connectivity index is 2.04. The van der Waals surface area contributed by atoms with Gasteiger partial charge in [-0.05, 0) is 25.7 Å². The second kappa shape index (κ2) is 5.59. The van der Waals surface area contributed by atoms with E-state index in [1.165, 1.54) is 0 Å². The lowest BCUT2D eigenvalue weighted by Gasteiger charge is -2.31. The summed E-state index contributed by atoms with van der Waals surface area (Å²) in [6.07, 6.45) is 7.05. The largest absolute Gasteiger partial charge is 0.480 e. The molecule has 0 radical (unpaired) electrons. The van der Waals surface area contributed by atoms with Crippen LogP contribution in [-0.2, 0) is 4.79 Å². The highest BCUT2D eigenvalue weighted by Crippen LogP contribution is 2.28. The van der Waals surface area contributed by atoms with E-state index < -0.39 is 11.5 Å². The van der Waals surface area contributed by atoms with E-state index in [0.717, 1.165) is 51.6 Å². The Kier molecular flexibility index (Phi) is 4.09. The maximum Gasteiger partial charge on any atom is 0.329 e. The van der Waals surface area contributed by atoms with E-state index in [-0.39, 0.29) is 6.03 Å². The lowest BCUT2D eigenvalue weighted by Crippen LogP contribution is -2.57. The van der Waals surface area contributed by atoms with Crippen molar-refractivity contribution in [2.75, 3.05) is 13.1 Å². The van der Waals surface area contributed by atoms with Crippen LogP contribution < -0.4 is 5.32 Å². The molecule has 5 nitrogen and oxygen atoms in total. The van der Waals surface area contributed by atoms with Crippen molar-refractivity contribution in [3.05, 3.63) is 0 Å². The SMILES string of the molecule is O=C(NC1(C(=O)O)CCCCCC1)N1CCCC1. The fourth-order valence-corrected chi connectivity index (χ4v) is 2.93. The highest BCUT2D eigenvalue weighted by Gasteiger charge is 2.41. The first-order valence-electron chi connectivity index (χ1n) is 6.95. The zero-order valence-electron chi connectivity index (χ0n) is 10.8. The number of likely N-dealkylation sites (tertiary alicyclic amines) is 1. The van der Waals surface area contributed by atoms with Crippen LogP contribution in [0.2, 0.25) is 0 Å². The third-order valence-electron chi connectivity index (χ3n) is 4.11. The van der Waals surface area contributed by atoms with E-state index in [1.54, 1.807) is 4.90 Å². The van der Waals surface area contributed by atoms with Gasteiger partial charge in [0.1, 0.15) is 5.54 Å². The van der Waals surface area contributed by atoms with Crippen LogP contribution in [0.15, 0.2) is 0 Å². The molecule has 1 aliphatic carbocycles. The molecule has 1 saturated heterocycles. The molecule has 1 saturated carbocycles. The minimum absolute atomic E-state index is 0.197. The Hall–Kier alpha value is -1.26. The summed E-state index contributed by atoms with van der Waals surface area (Å²) in [6, 6.07) is -0.197. The average molecular weight is 254 g/mol. The number of hydrogen-bond acceptors (Lipinski definition) is 2. The van der Waals surface area contributed by atoms with Crippen molar-refractivity contribution in [2.24, 2.45) is 0 Å². The van der Waals surface area contributed by atoms with Crippen LogP contribution in [0.4, 0.5) is 4.79 Å². The molecular formula is C13H22N2O3. The topological polar surface area (TPSA) is 69.6 Å². The summed E-state index contributed by atoms with van der Waals surface area (Å²) < 4.78 is 0. The molecule has 2 aliphatic rings. The first-order chi connectivity index (χ1) is 8.64. The van der Waals surface area contributed by atoms with E-state index in [2.05, 4.69) is 5.32 Å². The number of carboxylic acid groups (broad SMARTS) is 1. The fraction of sp³-hybridized carbons (Fsp3) is 0.846. The quantitative estimate of drug-likeness (QED) is 0.740. The summed E-state index contributed by atoms with van der Waals surface area (Å²) in [5.41, 5.74) is -1.03. The standard InChI is InChI=1S/C13H22N2O3/c16-11(17)13(7-3-1-2-4-8-13)14-12(18)15-9-5-6-10-15/h1-10H2,(H,14,18)(H,16,17). The molecule has 0 unspecified atom stereocenters. The Morgan fingerprint density at radius 1 is 0.944 bits per heavy atom. The van der Waals surface area contributed by atoms with Gasteiger partial charge >= 0.3 is 12.0 Å². The second-order valence-electron chi connectivity index (χ2n) is 5.43. The highest BCUT2D eigenvalue weighted by molar-refractivity contribution is 5.86. The predicted molar refractivity (Wildman–Crippen MR) is 67.4 cm³/mol. The van der Waals surface area contributed by atoms with Crippen molar-refractivity contribution in [1.29, 1.82) is 0 Å². The number of urea groups is 1. The summed E-state index contributed by atoms with van der Waals surface area (Å²) in [5, 5.41) is 12.3. The molecule has 1 aliphatic heterocycles. The molecule has 0 aromatic carbocycles.